The van der Waals surface area contributed by atoms with Crippen LogP contribution in [0.1, 0.15) is 39.6 Å². The van der Waals surface area contributed by atoms with Crippen LogP contribution < -0.4 is 9.64 Å². The zero-order chi connectivity index (χ0) is 21.5. The van der Waals surface area contributed by atoms with Crippen molar-refractivity contribution in [2.45, 2.75) is 51.5 Å². The number of amides is 1. The molecule has 1 unspecified atom stereocenters. The Kier molecular flexibility index (Phi) is 7.52. The van der Waals surface area contributed by atoms with Crippen LogP contribution in [0.2, 0.25) is 0 Å². The van der Waals surface area contributed by atoms with Crippen molar-refractivity contribution < 1.29 is 9.53 Å². The Labute approximate surface area is 182 Å². The Hall–Kier alpha value is -2.80. The zero-order valence-electron chi connectivity index (χ0n) is 17.9. The van der Waals surface area contributed by atoms with Gasteiger partial charge in [-0.2, -0.15) is 0 Å². The predicted molar refractivity (Wildman–Crippen MR) is 121 cm³/mol. The summed E-state index contributed by atoms with van der Waals surface area (Å²) in [5.41, 5.74) is 0.903. The smallest absolute Gasteiger partial charge is 0.237 e. The first-order chi connectivity index (χ1) is 14.5. The molecule has 0 fully saturated rings. The molecule has 1 amide bonds. The van der Waals surface area contributed by atoms with E-state index in [2.05, 4.69) is 10.2 Å². The fourth-order valence-corrected chi connectivity index (χ4v) is 4.14. The van der Waals surface area contributed by atoms with Crippen LogP contribution in [0.5, 0.6) is 5.75 Å². The molecule has 1 aromatic heterocycles. The summed E-state index contributed by atoms with van der Waals surface area (Å²) in [6.45, 7) is 8.74. The van der Waals surface area contributed by atoms with E-state index in [0.717, 1.165) is 22.4 Å². The molecule has 0 saturated carbocycles. The lowest BCUT2D eigenvalue weighted by atomic mass is 10.2. The third-order valence-corrected chi connectivity index (χ3v) is 5.58. The van der Waals surface area contributed by atoms with E-state index in [1.807, 2.05) is 97.8 Å². The van der Waals surface area contributed by atoms with Gasteiger partial charge in [0, 0.05) is 18.3 Å². The molecule has 3 rings (SSSR count). The fraction of sp³-hybridized carbons (Fsp3) is 0.348. The molecule has 2 aromatic carbocycles. The van der Waals surface area contributed by atoms with E-state index in [-0.39, 0.29) is 18.1 Å². The Morgan fingerprint density at radius 1 is 1.03 bits per heavy atom. The van der Waals surface area contributed by atoms with E-state index in [9.17, 15) is 4.79 Å². The van der Waals surface area contributed by atoms with E-state index >= 15 is 0 Å². The minimum atomic E-state index is -0.249. The summed E-state index contributed by atoms with van der Waals surface area (Å²) in [5.74, 6) is 1.87. The molecular formula is C23H28N4O2S. The number of thioether (sulfide) groups is 1. The van der Waals surface area contributed by atoms with E-state index < -0.39 is 0 Å². The fourth-order valence-electron chi connectivity index (χ4n) is 3.28. The van der Waals surface area contributed by atoms with Crippen LogP contribution in [-0.2, 0) is 11.3 Å². The second kappa shape index (κ2) is 10.3. The molecule has 0 bridgehead atoms. The summed E-state index contributed by atoms with van der Waals surface area (Å²) in [6.07, 6.45) is -0.249. The summed E-state index contributed by atoms with van der Waals surface area (Å²) in [6, 6.07) is 19.5. The highest BCUT2D eigenvalue weighted by molar-refractivity contribution is 7.99. The van der Waals surface area contributed by atoms with Crippen molar-refractivity contribution in [2.24, 2.45) is 0 Å². The van der Waals surface area contributed by atoms with Crippen LogP contribution in [0, 0.1) is 0 Å². The van der Waals surface area contributed by atoms with Crippen molar-refractivity contribution in [1.29, 1.82) is 0 Å². The van der Waals surface area contributed by atoms with Gasteiger partial charge in [0.1, 0.15) is 5.75 Å². The molecule has 3 aromatic rings. The molecule has 6 nitrogen and oxygen atoms in total. The van der Waals surface area contributed by atoms with E-state index in [4.69, 9.17) is 4.74 Å². The third-order valence-electron chi connectivity index (χ3n) is 4.63. The molecule has 0 N–H and O–H groups in total. The first-order valence-corrected chi connectivity index (χ1v) is 11.1. The number of carbonyl (C=O) groups excluding carboxylic acids is 1. The number of para-hydroxylation sites is 2. The van der Waals surface area contributed by atoms with Gasteiger partial charge in [-0.25, -0.2) is 0 Å². The average Bonchev–Trinajstić information content (AvgIpc) is 3.16. The number of ether oxygens (including phenoxy) is 1. The molecule has 0 spiro atoms. The summed E-state index contributed by atoms with van der Waals surface area (Å²) >= 11 is 1.41. The standard InChI is InChI=1S/C23H28N4O2S/c1-5-26-22(18(4)29-20-14-10-7-11-15-20)24-25-23(26)30-16-21(28)27(17(2)3)19-12-8-6-9-13-19/h6-15,17-18H,5,16H2,1-4H3. The maximum absolute atomic E-state index is 13.0. The molecular weight excluding hydrogens is 396 g/mol. The van der Waals surface area contributed by atoms with Gasteiger partial charge in [-0.15, -0.1) is 10.2 Å². The minimum absolute atomic E-state index is 0.0435. The SMILES string of the molecule is CCn1c(SCC(=O)N(c2ccccc2)C(C)C)nnc1C(C)Oc1ccccc1. The maximum Gasteiger partial charge on any atom is 0.237 e. The topological polar surface area (TPSA) is 60.2 Å². The zero-order valence-corrected chi connectivity index (χ0v) is 18.7. The molecule has 1 atom stereocenters. The van der Waals surface area contributed by atoms with Gasteiger partial charge in [0.15, 0.2) is 17.1 Å². The van der Waals surface area contributed by atoms with Crippen molar-refractivity contribution >= 4 is 23.4 Å². The van der Waals surface area contributed by atoms with Gasteiger partial charge in [0.05, 0.1) is 5.75 Å². The quantitative estimate of drug-likeness (QED) is 0.454. The largest absolute Gasteiger partial charge is 0.483 e. The number of rotatable bonds is 9. The van der Waals surface area contributed by atoms with Gasteiger partial charge in [-0.05, 0) is 52.0 Å². The minimum Gasteiger partial charge on any atom is -0.483 e. The monoisotopic (exact) mass is 424 g/mol. The van der Waals surface area contributed by atoms with Gasteiger partial charge < -0.3 is 14.2 Å². The average molecular weight is 425 g/mol. The third kappa shape index (κ3) is 5.21. The number of nitrogens with zero attached hydrogens (tertiary/aromatic N) is 4. The molecule has 7 heteroatoms. The Morgan fingerprint density at radius 2 is 1.67 bits per heavy atom. The lowest BCUT2D eigenvalue weighted by Gasteiger charge is -2.26. The highest BCUT2D eigenvalue weighted by Crippen LogP contribution is 2.25. The molecule has 0 radical (unpaired) electrons. The van der Waals surface area contributed by atoms with Crippen molar-refractivity contribution in [1.82, 2.24) is 14.8 Å². The Bertz CT molecular complexity index is 944. The number of aromatic nitrogens is 3. The lowest BCUT2D eigenvalue weighted by Crippen LogP contribution is -2.38. The Morgan fingerprint density at radius 3 is 2.27 bits per heavy atom. The molecule has 0 saturated heterocycles. The highest BCUT2D eigenvalue weighted by atomic mass is 32.2. The van der Waals surface area contributed by atoms with Crippen LogP contribution in [0.4, 0.5) is 5.69 Å². The normalized spacial score (nSPS) is 12.0. The number of benzene rings is 2. The first kappa shape index (κ1) is 21.9. The van der Waals surface area contributed by atoms with E-state index in [1.165, 1.54) is 11.8 Å². The first-order valence-electron chi connectivity index (χ1n) is 10.2. The van der Waals surface area contributed by atoms with Crippen molar-refractivity contribution in [3.05, 3.63) is 66.5 Å². The number of hydrogen-bond acceptors (Lipinski definition) is 5. The van der Waals surface area contributed by atoms with Gasteiger partial charge in [-0.3, -0.25) is 4.79 Å². The second-order valence-corrected chi connectivity index (χ2v) is 8.08. The second-order valence-electron chi connectivity index (χ2n) is 7.14. The van der Waals surface area contributed by atoms with Crippen LogP contribution in [0.3, 0.4) is 0 Å². The van der Waals surface area contributed by atoms with Crippen LogP contribution in [-0.4, -0.2) is 32.5 Å². The summed E-state index contributed by atoms with van der Waals surface area (Å²) < 4.78 is 8.01. The number of anilines is 1. The van der Waals surface area contributed by atoms with Crippen LogP contribution in [0.25, 0.3) is 0 Å². The highest BCUT2D eigenvalue weighted by Gasteiger charge is 2.22. The van der Waals surface area contributed by atoms with Crippen LogP contribution >= 0.6 is 11.8 Å². The van der Waals surface area contributed by atoms with Gasteiger partial charge in [0.25, 0.3) is 0 Å². The lowest BCUT2D eigenvalue weighted by molar-refractivity contribution is -0.116. The van der Waals surface area contributed by atoms with Crippen molar-refractivity contribution in [2.75, 3.05) is 10.7 Å². The van der Waals surface area contributed by atoms with Crippen molar-refractivity contribution in [3.63, 3.8) is 0 Å². The van der Waals surface area contributed by atoms with E-state index in [0.29, 0.717) is 12.3 Å². The van der Waals surface area contributed by atoms with E-state index in [1.54, 1.807) is 0 Å². The van der Waals surface area contributed by atoms with Crippen LogP contribution in [0.15, 0.2) is 65.8 Å². The summed E-state index contributed by atoms with van der Waals surface area (Å²) in [7, 11) is 0. The molecule has 0 aliphatic heterocycles. The molecule has 0 aliphatic rings. The van der Waals surface area contributed by atoms with Gasteiger partial charge in [-0.1, -0.05) is 48.2 Å². The summed E-state index contributed by atoms with van der Waals surface area (Å²) in [4.78, 5) is 14.8. The predicted octanol–water partition coefficient (Wildman–Crippen LogP) is 4.97. The van der Waals surface area contributed by atoms with Gasteiger partial charge in [0.2, 0.25) is 5.91 Å². The number of carbonyl (C=O) groups is 1. The Balaban J connectivity index is 1.70. The maximum atomic E-state index is 13.0. The van der Waals surface area contributed by atoms with Gasteiger partial charge >= 0.3 is 0 Å². The van der Waals surface area contributed by atoms with Crippen molar-refractivity contribution in [3.8, 4) is 5.75 Å². The number of hydrogen-bond donors (Lipinski definition) is 0. The molecule has 1 heterocycles. The molecule has 0 aliphatic carbocycles. The summed E-state index contributed by atoms with van der Waals surface area (Å²) in [5, 5.41) is 9.39. The molecule has 158 valence electrons. The molecule has 30 heavy (non-hydrogen) atoms.